The van der Waals surface area contributed by atoms with E-state index in [1.165, 1.54) is 39.0 Å². The molecule has 29 heavy (non-hydrogen) atoms. The number of allylic oxidation sites excluding steroid dienone is 4. The van der Waals surface area contributed by atoms with Gasteiger partial charge in [-0.3, -0.25) is 6.08 Å². The van der Waals surface area contributed by atoms with Crippen LogP contribution < -0.4 is 24.8 Å². The molecule has 0 heterocycles. The Balaban J connectivity index is 0.00000140. The molecule has 2 aliphatic rings. The van der Waals surface area contributed by atoms with Gasteiger partial charge < -0.3 is 24.8 Å². The summed E-state index contributed by atoms with van der Waals surface area (Å²) in [4.78, 5) is 0. The summed E-state index contributed by atoms with van der Waals surface area (Å²) in [5.41, 5.74) is 10.2. The molecule has 151 valence electrons. The Hall–Kier alpha value is -0.617. The molecule has 0 amide bonds. The Morgan fingerprint density at radius 3 is 1.55 bits per heavy atom. The van der Waals surface area contributed by atoms with Crippen LogP contribution in [0.15, 0.2) is 54.1 Å². The second-order valence-electron chi connectivity index (χ2n) is 9.78. The minimum absolute atomic E-state index is 0. The summed E-state index contributed by atoms with van der Waals surface area (Å²) in [6.07, 6.45) is 9.05. The Bertz CT molecular complexity index is 877. The normalized spacial score (nSPS) is 14.9. The van der Waals surface area contributed by atoms with E-state index in [9.17, 15) is 0 Å². The third-order valence-corrected chi connectivity index (χ3v) is 5.78. The second-order valence-corrected chi connectivity index (χ2v) is 9.78. The number of halogens is 2. The van der Waals surface area contributed by atoms with E-state index < -0.39 is 0 Å². The first-order valence-corrected chi connectivity index (χ1v) is 9.73. The predicted molar refractivity (Wildman–Crippen MR) is 112 cm³/mol. The molecule has 2 aromatic rings. The Morgan fingerprint density at radius 2 is 1.21 bits per heavy atom. The van der Waals surface area contributed by atoms with E-state index in [2.05, 4.69) is 96.2 Å². The van der Waals surface area contributed by atoms with Crippen molar-refractivity contribution in [1.29, 1.82) is 0 Å². The van der Waals surface area contributed by atoms with Crippen LogP contribution in [0.4, 0.5) is 0 Å². The van der Waals surface area contributed by atoms with Crippen molar-refractivity contribution in [3.05, 3.63) is 82.5 Å². The topological polar surface area (TPSA) is 0 Å². The van der Waals surface area contributed by atoms with Crippen molar-refractivity contribution < 1.29 is 51.0 Å². The molecular formula is C26H29Cl2Zr. The van der Waals surface area contributed by atoms with Crippen molar-refractivity contribution in [2.45, 2.75) is 64.7 Å². The molecular weight excluding hydrogens is 474 g/mol. The Labute approximate surface area is 208 Å². The van der Waals surface area contributed by atoms with Crippen LogP contribution in [0.3, 0.4) is 0 Å². The van der Waals surface area contributed by atoms with Crippen molar-refractivity contribution >= 4 is 0 Å². The molecule has 0 atom stereocenters. The molecule has 2 aromatic carbocycles. The van der Waals surface area contributed by atoms with Gasteiger partial charge in [-0.25, -0.2) is 11.6 Å². The molecule has 0 saturated heterocycles. The van der Waals surface area contributed by atoms with Crippen molar-refractivity contribution in [3.63, 3.8) is 0 Å². The average molecular weight is 504 g/mol. The van der Waals surface area contributed by atoms with Gasteiger partial charge >= 0.3 is 26.2 Å². The van der Waals surface area contributed by atoms with Crippen LogP contribution in [0.25, 0.3) is 11.1 Å². The minimum Gasteiger partial charge on any atom is -1.00 e. The molecule has 0 aromatic heterocycles. The van der Waals surface area contributed by atoms with Crippen LogP contribution in [-0.4, -0.2) is 0 Å². The zero-order chi connectivity index (χ0) is 18.7. The maximum absolute atomic E-state index is 3.60. The first-order chi connectivity index (χ1) is 12.2. The summed E-state index contributed by atoms with van der Waals surface area (Å²) in [5, 5.41) is 0. The Morgan fingerprint density at radius 1 is 0.759 bits per heavy atom. The molecule has 0 N–H and O–H groups in total. The molecule has 4 rings (SSSR count). The minimum atomic E-state index is 0. The van der Waals surface area contributed by atoms with E-state index in [4.69, 9.17) is 0 Å². The van der Waals surface area contributed by atoms with Crippen LogP contribution in [0.2, 0.25) is 0 Å². The van der Waals surface area contributed by atoms with E-state index in [-0.39, 0.29) is 61.8 Å². The summed E-state index contributed by atoms with van der Waals surface area (Å²) < 4.78 is 0. The first-order valence-electron chi connectivity index (χ1n) is 9.73. The van der Waals surface area contributed by atoms with E-state index >= 15 is 0 Å². The molecule has 0 bridgehead atoms. The fourth-order valence-electron chi connectivity index (χ4n) is 4.15. The van der Waals surface area contributed by atoms with Gasteiger partial charge in [0.1, 0.15) is 0 Å². The molecule has 0 fully saturated rings. The van der Waals surface area contributed by atoms with Gasteiger partial charge in [-0.1, -0.05) is 77.9 Å². The molecule has 0 unspecified atom stereocenters. The maximum atomic E-state index is 3.60. The number of fused-ring (bicyclic) bond motifs is 3. The van der Waals surface area contributed by atoms with Crippen LogP contribution in [0.1, 0.15) is 76.1 Å². The van der Waals surface area contributed by atoms with Gasteiger partial charge in [-0.15, -0.1) is 6.42 Å². The van der Waals surface area contributed by atoms with Crippen molar-refractivity contribution in [2.24, 2.45) is 0 Å². The monoisotopic (exact) mass is 501 g/mol. The van der Waals surface area contributed by atoms with Crippen LogP contribution in [-0.2, 0) is 37.0 Å². The molecule has 0 saturated carbocycles. The number of hydrogen-bond acceptors (Lipinski definition) is 0. The van der Waals surface area contributed by atoms with E-state index in [1.807, 2.05) is 0 Å². The van der Waals surface area contributed by atoms with Crippen LogP contribution in [0.5, 0.6) is 0 Å². The van der Waals surface area contributed by atoms with Crippen LogP contribution >= 0.6 is 0 Å². The summed E-state index contributed by atoms with van der Waals surface area (Å²) in [6, 6.07) is 14.2. The molecule has 0 nitrogen and oxygen atoms in total. The Kier molecular flexibility index (Phi) is 8.43. The molecule has 0 aliphatic heterocycles. The predicted octanol–water partition coefficient (Wildman–Crippen LogP) is 1.09. The first kappa shape index (κ1) is 26.4. The van der Waals surface area contributed by atoms with Gasteiger partial charge in [0, 0.05) is 5.92 Å². The number of benzene rings is 2. The van der Waals surface area contributed by atoms with Gasteiger partial charge in [0.15, 0.2) is 0 Å². The second kappa shape index (κ2) is 9.25. The van der Waals surface area contributed by atoms with Gasteiger partial charge in [-0.2, -0.15) is 6.08 Å². The van der Waals surface area contributed by atoms with Crippen molar-refractivity contribution in [1.82, 2.24) is 0 Å². The molecule has 2 aliphatic carbocycles. The van der Waals surface area contributed by atoms with E-state index in [0.717, 1.165) is 6.42 Å². The fraction of sp³-hybridized carbons (Fsp3) is 0.385. The maximum Gasteiger partial charge on any atom is 3.00 e. The van der Waals surface area contributed by atoms with E-state index in [1.54, 1.807) is 0 Å². The summed E-state index contributed by atoms with van der Waals surface area (Å²) in [6.45, 7) is 13.8. The van der Waals surface area contributed by atoms with Crippen LogP contribution in [0, 0.1) is 6.08 Å². The van der Waals surface area contributed by atoms with Gasteiger partial charge in [-0.05, 0) is 44.2 Å². The largest absolute Gasteiger partial charge is 3.00 e. The number of hydrogen-bond donors (Lipinski definition) is 0. The third kappa shape index (κ3) is 4.84. The average Bonchev–Trinajstić information content (AvgIpc) is 3.17. The number of rotatable bonds is 1. The summed E-state index contributed by atoms with van der Waals surface area (Å²) >= 11 is 0. The zero-order valence-corrected chi connectivity index (χ0v) is 22.1. The van der Waals surface area contributed by atoms with Crippen molar-refractivity contribution in [2.75, 3.05) is 0 Å². The van der Waals surface area contributed by atoms with Gasteiger partial charge in [0.2, 0.25) is 0 Å². The SMILES string of the molecule is CC(C)(C)c1ccc2c(c1)C(C1=[C-]CC=C1)c1cc(C(C)(C)C)ccc1-2.[Cl-].[Cl-].[Zr+3]. The smallest absolute Gasteiger partial charge is 1.00 e. The summed E-state index contributed by atoms with van der Waals surface area (Å²) in [5.74, 6) is 0.323. The molecule has 1 radical (unpaired) electrons. The van der Waals surface area contributed by atoms with Gasteiger partial charge in [0.05, 0.1) is 0 Å². The molecule has 0 spiro atoms. The standard InChI is InChI=1S/C26H29.2ClH.Zr/c1-25(2,3)18-11-13-20-21-14-12-19(26(4,5)6)16-23(21)24(22(20)15-18)17-9-7-8-10-17;;;/h7,9,11-16,24H,8H2,1-6H3;2*1H;/q-1;;;+3/p-2. The third-order valence-electron chi connectivity index (χ3n) is 5.78. The fourth-order valence-corrected chi connectivity index (χ4v) is 4.15. The van der Waals surface area contributed by atoms with Crippen molar-refractivity contribution in [3.8, 4) is 11.1 Å². The van der Waals surface area contributed by atoms with E-state index in [0.29, 0.717) is 5.92 Å². The van der Waals surface area contributed by atoms with Gasteiger partial charge in [0.25, 0.3) is 0 Å². The molecule has 3 heteroatoms. The summed E-state index contributed by atoms with van der Waals surface area (Å²) in [7, 11) is 0. The zero-order valence-electron chi connectivity index (χ0n) is 18.2. The quantitative estimate of drug-likeness (QED) is 0.512.